The van der Waals surface area contributed by atoms with Gasteiger partial charge in [0.25, 0.3) is 0 Å². The van der Waals surface area contributed by atoms with Gasteiger partial charge >= 0.3 is 54.5 Å². The molecule has 0 aromatic heterocycles. The molecule has 0 rings (SSSR count). The third kappa shape index (κ3) is 49.2. The quantitative estimate of drug-likeness (QED) is 0.0223. The maximum Gasteiger partial charge on any atom is 0.407 e. The molecule has 0 aromatic carbocycles. The fourth-order valence-corrected chi connectivity index (χ4v) is 9.82. The van der Waals surface area contributed by atoms with Gasteiger partial charge < -0.3 is 138 Å². The highest BCUT2D eigenvalue weighted by Gasteiger charge is 2.46. The molecule has 0 saturated heterocycles. The average Bonchev–Trinajstić information content (AvgIpc) is 0.824. The minimum absolute atomic E-state index is 0.0904. The highest BCUT2D eigenvalue weighted by Crippen LogP contribution is 2.31. The first kappa shape index (κ1) is 98.6. The molecule has 0 aliphatic carbocycles. The van der Waals surface area contributed by atoms with E-state index in [1.165, 1.54) is 20.8 Å². The summed E-state index contributed by atoms with van der Waals surface area (Å²) < 4.78 is 51.9. The van der Waals surface area contributed by atoms with E-state index >= 15 is 0 Å². The Morgan fingerprint density at radius 3 is 0.552 bits per heavy atom. The normalized spacial score (nSPS) is 11.9. The molecule has 0 bridgehead atoms. The number of carbonyl (C=O) groups is 9. The Kier molecular flexibility index (Phi) is 55.9. The van der Waals surface area contributed by atoms with E-state index in [9.17, 15) is 43.2 Å². The number of rotatable bonds is 64. The third-order valence-corrected chi connectivity index (χ3v) is 17.3. The lowest BCUT2D eigenvalue weighted by Crippen LogP contribution is -2.48. The first-order valence-electron chi connectivity index (χ1n) is 37.3. The molecule has 6 amide bonds. The first-order valence-corrected chi connectivity index (χ1v) is 37.3. The SMILES string of the molecule is CCC(COC(=O)C(C)(COC(=O)NCCCN(C)CCCN)COC(=O)NCCCN(C)CCCN)(COC(=O)C(C)(COC(=O)NCCCN(C)CCCN)COC(=O)NCCCN(C)CCCN)COC(=O)C(C)(COC(=O)NCCCN(C)CCCN)COC(=O)NCCCN(C)CCCN. The second-order valence-corrected chi connectivity index (χ2v) is 28.1. The van der Waals surface area contributed by atoms with E-state index in [1.54, 1.807) is 6.92 Å². The van der Waals surface area contributed by atoms with Gasteiger partial charge in [-0.1, -0.05) is 6.92 Å². The minimum Gasteiger partial charge on any atom is -0.464 e. The standard InChI is InChI=1S/C69H140N18O18/c1-11-69(54-97-57(88)66(2,48-100-60(91)76-30-18-42-82(5)36-12-24-70)49-101-61(92)77-31-19-43-83(6)37-13-25-71,55-98-58(89)67(3,50-102-62(93)78-32-20-44-84(7)38-14-26-72)51-103-63(94)79-33-21-45-85(8)39-15-27-73)56-99-59(90)68(4,52-104-64(95)80-34-22-46-86(9)40-16-28-74)53-105-65(96)81-35-23-47-87(10)41-17-29-75/h11-56,70-75H2,1-10H3,(H,76,91)(H,77,92)(H,78,93)(H,79,94)(H,80,95)(H,81,96). The molecule has 36 heteroatoms. The maximum absolute atomic E-state index is 14.8. The summed E-state index contributed by atoms with van der Waals surface area (Å²) in [5.41, 5.74) is 26.6. The molecule has 0 heterocycles. The molecular formula is C69H140N18O18. The van der Waals surface area contributed by atoms with E-state index < -0.39 is 136 Å². The van der Waals surface area contributed by atoms with E-state index in [1.807, 2.05) is 42.3 Å². The largest absolute Gasteiger partial charge is 0.464 e. The number of hydrogen-bond acceptors (Lipinski definition) is 30. The number of carbonyl (C=O) groups excluding carboxylic acids is 9. The predicted molar refractivity (Wildman–Crippen MR) is 401 cm³/mol. The van der Waals surface area contributed by atoms with Crippen LogP contribution in [0.5, 0.6) is 0 Å². The van der Waals surface area contributed by atoms with Crippen LogP contribution in [0.25, 0.3) is 0 Å². The molecule has 0 spiro atoms. The van der Waals surface area contributed by atoms with Crippen LogP contribution in [0.3, 0.4) is 0 Å². The number of nitrogens with one attached hydrogen (secondary N) is 6. The number of nitrogens with two attached hydrogens (primary N) is 6. The predicted octanol–water partition coefficient (Wildman–Crippen LogP) is 0.413. The van der Waals surface area contributed by atoms with Crippen LogP contribution in [0.4, 0.5) is 28.8 Å². The Balaban J connectivity index is 7.62. The van der Waals surface area contributed by atoms with Crippen LogP contribution in [0.1, 0.15) is 111 Å². The van der Waals surface area contributed by atoms with Gasteiger partial charge in [0, 0.05) is 39.3 Å². The van der Waals surface area contributed by atoms with Gasteiger partial charge in [-0.3, -0.25) is 14.4 Å². The van der Waals surface area contributed by atoms with Crippen LogP contribution in [0, 0.1) is 21.7 Å². The van der Waals surface area contributed by atoms with Gasteiger partial charge in [0.1, 0.15) is 75.7 Å². The molecule has 0 saturated carbocycles. The zero-order chi connectivity index (χ0) is 78.8. The highest BCUT2D eigenvalue weighted by molar-refractivity contribution is 5.80. The molecule has 0 fully saturated rings. The summed E-state index contributed by atoms with van der Waals surface area (Å²) >= 11 is 0. The summed E-state index contributed by atoms with van der Waals surface area (Å²) in [5.74, 6) is -3.20. The highest BCUT2D eigenvalue weighted by atomic mass is 16.6. The Bertz CT molecular complexity index is 2020. The molecular weight excluding hydrogens is 1370 g/mol. The lowest BCUT2D eigenvalue weighted by Gasteiger charge is -2.35. The van der Waals surface area contributed by atoms with Crippen LogP contribution < -0.4 is 66.3 Å². The van der Waals surface area contributed by atoms with Crippen molar-refractivity contribution in [3.8, 4) is 0 Å². The minimum atomic E-state index is -1.92. The fraction of sp³-hybridized carbons (Fsp3) is 0.870. The van der Waals surface area contributed by atoms with Gasteiger partial charge in [0.05, 0.1) is 5.41 Å². The number of ether oxygens (including phenoxy) is 9. The second kappa shape index (κ2) is 59.6. The van der Waals surface area contributed by atoms with E-state index in [0.717, 1.165) is 77.8 Å². The van der Waals surface area contributed by atoms with Crippen LogP contribution in [-0.2, 0) is 57.0 Å². The lowest BCUT2D eigenvalue weighted by molar-refractivity contribution is -0.179. The van der Waals surface area contributed by atoms with Crippen molar-refractivity contribution in [1.29, 1.82) is 0 Å². The molecule has 0 aliphatic heterocycles. The topological polar surface area (TPSA) is 484 Å². The summed E-state index contributed by atoms with van der Waals surface area (Å²) in [6, 6.07) is 0. The number of nitrogens with zero attached hydrogens (tertiary/aromatic N) is 6. The second-order valence-electron chi connectivity index (χ2n) is 28.1. The molecule has 18 N–H and O–H groups in total. The summed E-state index contributed by atoms with van der Waals surface area (Å²) in [6.45, 7) is 12.3. The van der Waals surface area contributed by atoms with Crippen LogP contribution >= 0.6 is 0 Å². The van der Waals surface area contributed by atoms with Crippen molar-refractivity contribution in [2.45, 2.75) is 111 Å². The van der Waals surface area contributed by atoms with E-state index in [-0.39, 0.29) is 45.7 Å². The van der Waals surface area contributed by atoms with Crippen LogP contribution in [-0.4, -0.2) is 343 Å². The van der Waals surface area contributed by atoms with Crippen molar-refractivity contribution < 1.29 is 85.8 Å². The van der Waals surface area contributed by atoms with Crippen molar-refractivity contribution >= 4 is 54.5 Å². The lowest BCUT2D eigenvalue weighted by atomic mass is 9.86. The molecule has 614 valence electrons. The number of alkyl carbamates (subject to hydrolysis) is 6. The van der Waals surface area contributed by atoms with Gasteiger partial charge in [-0.25, -0.2) is 28.8 Å². The molecule has 36 nitrogen and oxygen atoms in total. The summed E-state index contributed by atoms with van der Waals surface area (Å²) in [7, 11) is 11.6. The van der Waals surface area contributed by atoms with E-state index in [0.29, 0.717) is 117 Å². The zero-order valence-electron chi connectivity index (χ0n) is 65.5. The van der Waals surface area contributed by atoms with Crippen molar-refractivity contribution in [3.05, 3.63) is 0 Å². The van der Waals surface area contributed by atoms with Gasteiger partial charge in [-0.05, 0) is 264 Å². The third-order valence-electron chi connectivity index (χ3n) is 17.3. The van der Waals surface area contributed by atoms with Crippen LogP contribution in [0.15, 0.2) is 0 Å². The summed E-state index contributed by atoms with van der Waals surface area (Å²) in [5, 5.41) is 16.1. The zero-order valence-corrected chi connectivity index (χ0v) is 65.5. The molecule has 0 radical (unpaired) electrons. The monoisotopic (exact) mass is 1510 g/mol. The van der Waals surface area contributed by atoms with Gasteiger partial charge in [0.2, 0.25) is 0 Å². The Morgan fingerprint density at radius 1 is 0.257 bits per heavy atom. The number of amides is 6. The Hall–Kier alpha value is -6.45. The maximum atomic E-state index is 14.8. The molecule has 0 aliphatic rings. The average molecular weight is 1510 g/mol. The van der Waals surface area contributed by atoms with Gasteiger partial charge in [0.15, 0.2) is 0 Å². The Morgan fingerprint density at radius 2 is 0.410 bits per heavy atom. The fourth-order valence-electron chi connectivity index (χ4n) is 9.82. The van der Waals surface area contributed by atoms with E-state index in [2.05, 4.69) is 61.3 Å². The van der Waals surface area contributed by atoms with Gasteiger partial charge in [-0.15, -0.1) is 0 Å². The number of esters is 3. The molecule has 105 heavy (non-hydrogen) atoms. The number of hydrogen-bond donors (Lipinski definition) is 12. The molecule has 0 aromatic rings. The van der Waals surface area contributed by atoms with Crippen molar-refractivity contribution in [2.24, 2.45) is 56.1 Å². The van der Waals surface area contributed by atoms with Crippen molar-refractivity contribution in [3.63, 3.8) is 0 Å². The smallest absolute Gasteiger partial charge is 0.407 e. The Labute approximate surface area is 625 Å². The van der Waals surface area contributed by atoms with Gasteiger partial charge in [-0.2, -0.15) is 0 Å². The first-order chi connectivity index (χ1) is 50.0. The summed E-state index contributed by atoms with van der Waals surface area (Å²) in [6.07, 6.45) is 2.69. The molecule has 0 atom stereocenters. The van der Waals surface area contributed by atoms with Crippen LogP contribution in [0.2, 0.25) is 0 Å². The van der Waals surface area contributed by atoms with E-state index in [4.69, 9.17) is 77.0 Å². The summed E-state index contributed by atoms with van der Waals surface area (Å²) in [4.78, 5) is 137. The molecule has 0 unspecified atom stereocenters. The van der Waals surface area contributed by atoms with Crippen molar-refractivity contribution in [2.75, 3.05) is 259 Å². The van der Waals surface area contributed by atoms with Crippen molar-refractivity contribution in [1.82, 2.24) is 61.3 Å².